The van der Waals surface area contributed by atoms with Crippen molar-refractivity contribution >= 4 is 29.9 Å². The molecule has 0 heterocycles. The van der Waals surface area contributed by atoms with Gasteiger partial charge in [0.25, 0.3) is 0 Å². The monoisotopic (exact) mass is 969 g/mol. The number of ether oxygens (including phenoxy) is 6. The molecule has 0 saturated carbocycles. The number of hydrogen-bond donors (Lipinski definition) is 3. The van der Waals surface area contributed by atoms with E-state index in [1.54, 1.807) is 55.4 Å². The second-order valence-electron chi connectivity index (χ2n) is 19.4. The van der Waals surface area contributed by atoms with Gasteiger partial charge in [0.1, 0.15) is 17.0 Å². The number of amides is 2. The van der Waals surface area contributed by atoms with E-state index in [1.807, 2.05) is 109 Å². The van der Waals surface area contributed by atoms with Gasteiger partial charge in [-0.1, -0.05) is 121 Å². The van der Waals surface area contributed by atoms with Gasteiger partial charge in [-0.2, -0.15) is 0 Å². The van der Waals surface area contributed by atoms with Crippen LogP contribution >= 0.6 is 0 Å². The molecule has 1 unspecified atom stereocenters. The Morgan fingerprint density at radius 1 is 0.500 bits per heavy atom. The fraction of sp³-hybridized carbons (Fsp3) is 0.482. The van der Waals surface area contributed by atoms with E-state index in [1.165, 1.54) is 14.2 Å². The van der Waals surface area contributed by atoms with Crippen LogP contribution in [0.3, 0.4) is 0 Å². The van der Waals surface area contributed by atoms with Crippen LogP contribution in [-0.4, -0.2) is 105 Å². The lowest BCUT2D eigenvalue weighted by atomic mass is 9.80. The highest BCUT2D eigenvalue weighted by molar-refractivity contribution is 5.82. The van der Waals surface area contributed by atoms with Crippen molar-refractivity contribution in [3.8, 4) is 0 Å². The van der Waals surface area contributed by atoms with Crippen LogP contribution in [0.15, 0.2) is 121 Å². The van der Waals surface area contributed by atoms with Crippen molar-refractivity contribution < 1.29 is 57.5 Å². The van der Waals surface area contributed by atoms with Gasteiger partial charge in [-0.25, -0.2) is 19.2 Å². The Kier molecular flexibility index (Phi) is 24.8. The molecular formula is C56H76N2O12. The van der Waals surface area contributed by atoms with Crippen LogP contribution in [0.5, 0.6) is 0 Å². The van der Waals surface area contributed by atoms with Crippen LogP contribution in [0.1, 0.15) is 77.6 Å². The van der Waals surface area contributed by atoms with Crippen molar-refractivity contribution in [3.05, 3.63) is 144 Å². The molecule has 0 bridgehead atoms. The molecular weight excluding hydrogens is 893 g/mol. The number of nitrogens with one attached hydrogen (secondary N) is 2. The van der Waals surface area contributed by atoms with Gasteiger partial charge in [-0.05, 0) is 121 Å². The van der Waals surface area contributed by atoms with E-state index < -0.39 is 53.5 Å². The van der Waals surface area contributed by atoms with Gasteiger partial charge < -0.3 is 44.2 Å². The smallest absolute Gasteiger partial charge is 0.408 e. The molecule has 4 aromatic carbocycles. The van der Waals surface area contributed by atoms with E-state index in [9.17, 15) is 29.1 Å². The van der Waals surface area contributed by atoms with Crippen LogP contribution in [0, 0.1) is 23.7 Å². The molecule has 14 heteroatoms. The predicted octanol–water partition coefficient (Wildman–Crippen LogP) is 8.54. The molecule has 0 aromatic heterocycles. The molecule has 0 radical (unpaired) electrons. The third kappa shape index (κ3) is 23.0. The minimum absolute atomic E-state index is 0.0302. The van der Waals surface area contributed by atoms with Crippen LogP contribution in [0.2, 0.25) is 0 Å². The Balaban J connectivity index is 0.000000370. The molecule has 70 heavy (non-hydrogen) atoms. The molecule has 4 aromatic rings. The number of aliphatic hydroxyl groups excluding tert-OH is 1. The number of carbonyl (C=O) groups is 5. The SMILES string of the molecule is COC(=O)[C@H](COC[C@H](Cc1ccccc1)[C@@H](Cc1ccccc1)C(C)=O)NC(=O)OC(C)(C)C.COC(=O)[C@H](COC[C@H](Cc1ccccc1)[C@@H](Cc1ccccc1)C(C)O)NC(=O)OC(C)(C)C. The van der Waals surface area contributed by atoms with Crippen LogP contribution in [-0.2, 0) is 68.5 Å². The summed E-state index contributed by atoms with van der Waals surface area (Å²) in [6, 6.07) is 37.8. The number of aliphatic hydroxyl groups is 1. The Morgan fingerprint density at radius 3 is 1.16 bits per heavy atom. The zero-order valence-corrected chi connectivity index (χ0v) is 42.7. The van der Waals surface area contributed by atoms with E-state index in [0.29, 0.717) is 32.3 Å². The summed E-state index contributed by atoms with van der Waals surface area (Å²) < 4.78 is 32.1. The van der Waals surface area contributed by atoms with Gasteiger partial charge >= 0.3 is 24.1 Å². The van der Waals surface area contributed by atoms with Crippen molar-refractivity contribution in [2.24, 2.45) is 23.7 Å². The summed E-state index contributed by atoms with van der Waals surface area (Å²) in [4.78, 5) is 61.6. The van der Waals surface area contributed by atoms with Crippen LogP contribution < -0.4 is 10.6 Å². The Bertz CT molecular complexity index is 2140. The number of Topliss-reactive ketones (excluding diaryl/α,β-unsaturated/α-hetero) is 1. The van der Waals surface area contributed by atoms with E-state index >= 15 is 0 Å². The topological polar surface area (TPSA) is 185 Å². The number of esters is 2. The molecule has 0 aliphatic carbocycles. The minimum Gasteiger partial charge on any atom is -0.467 e. The highest BCUT2D eigenvalue weighted by Crippen LogP contribution is 2.27. The molecule has 7 atom stereocenters. The lowest BCUT2D eigenvalue weighted by Gasteiger charge is -2.30. The Hall–Kier alpha value is -6.09. The van der Waals surface area contributed by atoms with Gasteiger partial charge in [-0.3, -0.25) is 4.79 Å². The summed E-state index contributed by atoms with van der Waals surface area (Å²) in [5.74, 6) is -1.68. The minimum atomic E-state index is -1.03. The molecule has 14 nitrogen and oxygen atoms in total. The maximum Gasteiger partial charge on any atom is 0.408 e. The maximum absolute atomic E-state index is 12.7. The molecule has 0 aliphatic heterocycles. The molecule has 382 valence electrons. The van der Waals surface area contributed by atoms with Crippen molar-refractivity contribution in [1.82, 2.24) is 10.6 Å². The first kappa shape index (κ1) is 58.2. The summed E-state index contributed by atoms with van der Waals surface area (Å²) in [5, 5.41) is 15.7. The average Bonchev–Trinajstić information content (AvgIpc) is 3.31. The first-order chi connectivity index (χ1) is 33.2. The number of methoxy groups -OCH3 is 2. The largest absolute Gasteiger partial charge is 0.467 e. The summed E-state index contributed by atoms with van der Waals surface area (Å²) in [6.45, 7) is 14.2. The molecule has 0 saturated heterocycles. The van der Waals surface area contributed by atoms with Gasteiger partial charge in [0.15, 0.2) is 12.1 Å². The van der Waals surface area contributed by atoms with E-state index in [2.05, 4.69) is 22.8 Å². The highest BCUT2D eigenvalue weighted by atomic mass is 16.6. The normalized spacial score (nSPS) is 14.4. The molecule has 0 spiro atoms. The summed E-state index contributed by atoms with van der Waals surface area (Å²) in [7, 11) is 2.50. The lowest BCUT2D eigenvalue weighted by molar-refractivity contribution is -0.145. The van der Waals surface area contributed by atoms with Gasteiger partial charge in [0.2, 0.25) is 0 Å². The zero-order chi connectivity index (χ0) is 51.7. The highest BCUT2D eigenvalue weighted by Gasteiger charge is 2.31. The van der Waals surface area contributed by atoms with E-state index in [0.717, 1.165) is 22.3 Å². The number of alkyl carbamates (subject to hydrolysis) is 2. The number of rotatable bonds is 24. The van der Waals surface area contributed by atoms with Crippen molar-refractivity contribution in [2.75, 3.05) is 40.6 Å². The second kappa shape index (κ2) is 29.8. The van der Waals surface area contributed by atoms with Gasteiger partial charge in [0.05, 0.1) is 46.8 Å². The number of hydrogen-bond acceptors (Lipinski definition) is 12. The summed E-state index contributed by atoms with van der Waals surface area (Å²) in [5.41, 5.74) is 3.03. The maximum atomic E-state index is 12.7. The van der Waals surface area contributed by atoms with E-state index in [4.69, 9.17) is 28.4 Å². The van der Waals surface area contributed by atoms with E-state index in [-0.39, 0.29) is 49.3 Å². The summed E-state index contributed by atoms with van der Waals surface area (Å²) >= 11 is 0. The van der Waals surface area contributed by atoms with Gasteiger partial charge in [-0.15, -0.1) is 0 Å². The van der Waals surface area contributed by atoms with Crippen molar-refractivity contribution in [1.29, 1.82) is 0 Å². The Morgan fingerprint density at radius 2 is 0.829 bits per heavy atom. The van der Waals surface area contributed by atoms with Gasteiger partial charge in [0, 0.05) is 5.92 Å². The lowest BCUT2D eigenvalue weighted by Crippen LogP contribution is -2.47. The molecule has 2 amide bonds. The van der Waals surface area contributed by atoms with Crippen LogP contribution in [0.4, 0.5) is 9.59 Å². The average molecular weight is 969 g/mol. The fourth-order valence-electron chi connectivity index (χ4n) is 7.81. The number of benzene rings is 4. The number of ketones is 1. The molecule has 0 fully saturated rings. The first-order valence-electron chi connectivity index (χ1n) is 23.8. The van der Waals surface area contributed by atoms with Crippen LogP contribution in [0.25, 0.3) is 0 Å². The molecule has 4 rings (SSSR count). The first-order valence-corrected chi connectivity index (χ1v) is 23.8. The van der Waals surface area contributed by atoms with Crippen molar-refractivity contribution in [3.63, 3.8) is 0 Å². The second-order valence-corrected chi connectivity index (χ2v) is 19.4. The third-order valence-electron chi connectivity index (χ3n) is 11.2. The fourth-order valence-corrected chi connectivity index (χ4v) is 7.81. The zero-order valence-electron chi connectivity index (χ0n) is 42.7. The van der Waals surface area contributed by atoms with Crippen molar-refractivity contribution in [2.45, 2.75) is 110 Å². The number of carbonyl (C=O) groups excluding carboxylic acids is 5. The third-order valence-corrected chi connectivity index (χ3v) is 11.2. The quantitative estimate of drug-likeness (QED) is 0.0450. The Labute approximate surface area is 415 Å². The predicted molar refractivity (Wildman–Crippen MR) is 269 cm³/mol. The standard InChI is InChI=1S/C28H39NO6.C28H37NO6/c2*1-20(30)24(17-22-14-10-7-11-15-22)23(16-21-12-8-6-9-13-21)18-34-19-25(26(31)33-5)29-27(32)35-28(2,3)4/h6-15,20,23-25,30H,16-19H2,1-5H3,(H,29,32);6-15,23-25H,16-19H2,1-5H3,(H,29,32)/t20?,23-,24-,25-;23-,24-,25-/m00/s1. The summed E-state index contributed by atoms with van der Waals surface area (Å²) in [6.07, 6.45) is 0.602. The molecule has 3 N–H and O–H groups in total. The molecule has 0 aliphatic rings.